The van der Waals surface area contributed by atoms with Crippen molar-refractivity contribution < 1.29 is 14.6 Å². The van der Waals surface area contributed by atoms with Crippen LogP contribution in [0, 0.1) is 0 Å². The van der Waals surface area contributed by atoms with E-state index in [4.69, 9.17) is 9.73 Å². The van der Waals surface area contributed by atoms with E-state index in [0.717, 1.165) is 28.1 Å². The molecule has 0 bridgehead atoms. The highest BCUT2D eigenvalue weighted by Crippen LogP contribution is 2.36. The number of anilines is 1. The van der Waals surface area contributed by atoms with Crippen LogP contribution in [0.25, 0.3) is 6.08 Å². The first-order chi connectivity index (χ1) is 15.2. The summed E-state index contributed by atoms with van der Waals surface area (Å²) in [7, 11) is 1.61. The Hall–Kier alpha value is -3.35. The van der Waals surface area contributed by atoms with Gasteiger partial charge in [-0.05, 0) is 58.8 Å². The van der Waals surface area contributed by atoms with Crippen LogP contribution < -0.4 is 9.64 Å². The lowest BCUT2D eigenvalue weighted by Gasteiger charge is -2.16. The van der Waals surface area contributed by atoms with E-state index in [1.54, 1.807) is 12.0 Å². The molecule has 0 aliphatic carbocycles. The molecule has 0 atom stereocenters. The monoisotopic (exact) mass is 430 g/mol. The largest absolute Gasteiger partial charge is 0.497 e. The minimum Gasteiger partial charge on any atom is -0.497 e. The molecule has 0 spiro atoms. The van der Waals surface area contributed by atoms with Crippen LogP contribution in [0.4, 0.5) is 5.69 Å². The number of benzene rings is 3. The summed E-state index contributed by atoms with van der Waals surface area (Å²) >= 11 is 1.36. The summed E-state index contributed by atoms with van der Waals surface area (Å²) in [5.41, 5.74) is 3.54. The minimum atomic E-state index is -0.117. The lowest BCUT2D eigenvalue weighted by molar-refractivity contribution is -0.113. The number of amidine groups is 1. The molecule has 0 radical (unpaired) electrons. The molecule has 3 aromatic rings. The molecule has 0 saturated carbocycles. The fourth-order valence-corrected chi connectivity index (χ4v) is 4.13. The fourth-order valence-electron chi connectivity index (χ4n) is 3.15. The zero-order chi connectivity index (χ0) is 21.6. The highest BCUT2D eigenvalue weighted by atomic mass is 32.2. The summed E-state index contributed by atoms with van der Waals surface area (Å²) < 4.78 is 5.24. The van der Waals surface area contributed by atoms with Crippen LogP contribution in [-0.4, -0.2) is 23.3 Å². The Morgan fingerprint density at radius 2 is 1.68 bits per heavy atom. The number of carbonyl (C=O) groups excluding carboxylic acids is 1. The zero-order valence-electron chi connectivity index (χ0n) is 17.1. The van der Waals surface area contributed by atoms with E-state index < -0.39 is 0 Å². The third-order valence-corrected chi connectivity index (χ3v) is 5.84. The first-order valence-electron chi connectivity index (χ1n) is 9.84. The fraction of sp³-hybridized carbons (Fsp3) is 0.120. The molecule has 3 aromatic carbocycles. The predicted molar refractivity (Wildman–Crippen MR) is 126 cm³/mol. The molecule has 1 N–H and O–H groups in total. The van der Waals surface area contributed by atoms with Crippen LogP contribution in [0.15, 0.2) is 88.8 Å². The molecule has 1 amide bonds. The number of amides is 1. The number of aliphatic hydroxyl groups excluding tert-OH is 1. The molecule has 4 rings (SSSR count). The van der Waals surface area contributed by atoms with Crippen molar-refractivity contribution >= 4 is 34.6 Å². The van der Waals surface area contributed by atoms with E-state index in [9.17, 15) is 9.90 Å². The van der Waals surface area contributed by atoms with Crippen molar-refractivity contribution in [3.63, 3.8) is 0 Å². The van der Waals surface area contributed by atoms with Gasteiger partial charge in [-0.3, -0.25) is 14.7 Å². The number of rotatable bonds is 6. The Bertz CT molecular complexity index is 1110. The zero-order valence-corrected chi connectivity index (χ0v) is 17.9. The summed E-state index contributed by atoms with van der Waals surface area (Å²) in [5, 5.41) is 9.87. The van der Waals surface area contributed by atoms with Crippen molar-refractivity contribution in [2.45, 2.75) is 13.2 Å². The molecule has 0 unspecified atom stereocenters. The van der Waals surface area contributed by atoms with Crippen molar-refractivity contribution in [2.24, 2.45) is 4.99 Å². The van der Waals surface area contributed by atoms with Gasteiger partial charge in [0.1, 0.15) is 5.75 Å². The van der Waals surface area contributed by atoms with Gasteiger partial charge in [0.05, 0.1) is 30.9 Å². The molecule has 1 aliphatic heterocycles. The number of thioether (sulfide) groups is 1. The number of aliphatic imine (C=N–C) groups is 1. The second-order valence-corrected chi connectivity index (χ2v) is 7.94. The van der Waals surface area contributed by atoms with E-state index in [1.165, 1.54) is 11.8 Å². The molecule has 31 heavy (non-hydrogen) atoms. The summed E-state index contributed by atoms with van der Waals surface area (Å²) in [6, 6.07) is 24.8. The Labute approximate surface area is 185 Å². The average Bonchev–Trinajstić information content (AvgIpc) is 3.13. The standard InChI is InChI=1S/C25H22N2O3S/c1-30-22-13-11-21(12-14-22)27-24(29)23(15-18-7-9-20(17-28)10-8-18)31-25(27)26-16-19-5-3-2-4-6-19/h2-15,28H,16-17H2,1H3/b23-15-,26-25-. The number of nitrogens with zero attached hydrogens (tertiary/aromatic N) is 2. The Balaban J connectivity index is 1.67. The molecule has 6 heteroatoms. The topological polar surface area (TPSA) is 62.1 Å². The molecule has 5 nitrogen and oxygen atoms in total. The number of ether oxygens (including phenoxy) is 1. The van der Waals surface area contributed by atoms with Crippen molar-refractivity contribution in [1.82, 2.24) is 0 Å². The van der Waals surface area contributed by atoms with E-state index >= 15 is 0 Å². The van der Waals surface area contributed by atoms with Crippen LogP contribution in [0.2, 0.25) is 0 Å². The van der Waals surface area contributed by atoms with Crippen molar-refractivity contribution in [1.29, 1.82) is 0 Å². The normalized spacial score (nSPS) is 16.3. The third-order valence-electron chi connectivity index (χ3n) is 4.84. The SMILES string of the molecule is COc1ccc(N2C(=O)/C(=C/c3ccc(CO)cc3)S/C2=N\Cc2ccccc2)cc1. The molecule has 1 saturated heterocycles. The second kappa shape index (κ2) is 9.64. The smallest absolute Gasteiger partial charge is 0.271 e. The molecular formula is C25H22N2O3S. The molecule has 1 heterocycles. The van der Waals surface area contributed by atoms with Gasteiger partial charge in [0, 0.05) is 0 Å². The average molecular weight is 431 g/mol. The molecule has 0 aromatic heterocycles. The van der Waals surface area contributed by atoms with Crippen LogP contribution in [0.3, 0.4) is 0 Å². The van der Waals surface area contributed by atoms with Gasteiger partial charge >= 0.3 is 0 Å². The predicted octanol–water partition coefficient (Wildman–Crippen LogP) is 4.86. The van der Waals surface area contributed by atoms with Crippen molar-refractivity contribution in [3.05, 3.63) is 100 Å². The molecule has 156 valence electrons. The summed E-state index contributed by atoms with van der Waals surface area (Å²) in [6.07, 6.45) is 1.86. The van der Waals surface area contributed by atoms with E-state index in [1.807, 2.05) is 84.9 Å². The summed E-state index contributed by atoms with van der Waals surface area (Å²) in [6.45, 7) is 0.480. The van der Waals surface area contributed by atoms with E-state index in [0.29, 0.717) is 16.6 Å². The van der Waals surface area contributed by atoms with Crippen LogP contribution in [0.5, 0.6) is 5.75 Å². The Morgan fingerprint density at radius 1 is 0.968 bits per heavy atom. The van der Waals surface area contributed by atoms with Gasteiger partial charge in [-0.15, -0.1) is 0 Å². The first kappa shape index (κ1) is 20.9. The Morgan fingerprint density at radius 3 is 2.32 bits per heavy atom. The quantitative estimate of drug-likeness (QED) is 0.567. The summed E-state index contributed by atoms with van der Waals surface area (Å²) in [5.74, 6) is 0.610. The van der Waals surface area contributed by atoms with Crippen LogP contribution in [-0.2, 0) is 17.9 Å². The summed E-state index contributed by atoms with van der Waals surface area (Å²) in [4.78, 5) is 20.3. The van der Waals surface area contributed by atoms with Gasteiger partial charge in [0.15, 0.2) is 5.17 Å². The Kier molecular flexibility index (Phi) is 6.50. The van der Waals surface area contributed by atoms with Gasteiger partial charge in [-0.25, -0.2) is 0 Å². The number of hydrogen-bond donors (Lipinski definition) is 1. The third kappa shape index (κ3) is 4.87. The van der Waals surface area contributed by atoms with E-state index in [2.05, 4.69) is 0 Å². The second-order valence-electron chi connectivity index (χ2n) is 6.93. The van der Waals surface area contributed by atoms with Crippen molar-refractivity contribution in [2.75, 3.05) is 12.0 Å². The number of carbonyl (C=O) groups is 1. The number of hydrogen-bond acceptors (Lipinski definition) is 5. The van der Waals surface area contributed by atoms with Crippen LogP contribution >= 0.6 is 11.8 Å². The maximum absolute atomic E-state index is 13.3. The van der Waals surface area contributed by atoms with E-state index in [-0.39, 0.29) is 12.5 Å². The van der Waals surface area contributed by atoms with Gasteiger partial charge in [-0.2, -0.15) is 0 Å². The molecule has 1 fully saturated rings. The van der Waals surface area contributed by atoms with Gasteiger partial charge in [-0.1, -0.05) is 54.6 Å². The lowest BCUT2D eigenvalue weighted by Crippen LogP contribution is -2.28. The highest BCUT2D eigenvalue weighted by molar-refractivity contribution is 8.19. The number of methoxy groups -OCH3 is 1. The van der Waals surface area contributed by atoms with Gasteiger partial charge in [0.25, 0.3) is 5.91 Å². The molecule has 1 aliphatic rings. The minimum absolute atomic E-state index is 0.00787. The maximum Gasteiger partial charge on any atom is 0.271 e. The first-order valence-corrected chi connectivity index (χ1v) is 10.7. The molecular weight excluding hydrogens is 408 g/mol. The lowest BCUT2D eigenvalue weighted by atomic mass is 10.1. The highest BCUT2D eigenvalue weighted by Gasteiger charge is 2.34. The van der Waals surface area contributed by atoms with Gasteiger partial charge in [0.2, 0.25) is 0 Å². The number of aliphatic hydroxyl groups is 1. The maximum atomic E-state index is 13.3. The van der Waals surface area contributed by atoms with Crippen molar-refractivity contribution in [3.8, 4) is 5.75 Å². The van der Waals surface area contributed by atoms with Gasteiger partial charge < -0.3 is 9.84 Å². The van der Waals surface area contributed by atoms with Crippen LogP contribution in [0.1, 0.15) is 16.7 Å².